The lowest BCUT2D eigenvalue weighted by Gasteiger charge is -2.47. The maximum absolute atomic E-state index is 14.5. The minimum atomic E-state index is -0.839. The number of nitrogens with one attached hydrogen (secondary N) is 1. The van der Waals surface area contributed by atoms with Gasteiger partial charge in [0.05, 0.1) is 17.7 Å². The Morgan fingerprint density at radius 3 is 2.02 bits per heavy atom. The van der Waals surface area contributed by atoms with Crippen LogP contribution in [-0.2, 0) is 30.3 Å². The van der Waals surface area contributed by atoms with Crippen molar-refractivity contribution in [2.75, 3.05) is 6.54 Å². The van der Waals surface area contributed by atoms with Gasteiger partial charge in [-0.05, 0) is 65.9 Å². The summed E-state index contributed by atoms with van der Waals surface area (Å²) in [6.07, 6.45) is 3.32. The molecular formula is C35H37Cl2N3O5. The average Bonchev–Trinajstić information content (AvgIpc) is 3.04. The van der Waals surface area contributed by atoms with E-state index in [0.717, 1.165) is 42.4 Å². The van der Waals surface area contributed by atoms with Crippen LogP contribution in [0.15, 0.2) is 72.8 Å². The molecule has 2 amide bonds. The molecule has 1 heterocycles. The van der Waals surface area contributed by atoms with Crippen LogP contribution in [0.2, 0.25) is 10.0 Å². The van der Waals surface area contributed by atoms with Gasteiger partial charge in [-0.1, -0.05) is 92.7 Å². The number of nitrogens with zero attached hydrogens (tertiary/aromatic N) is 2. The van der Waals surface area contributed by atoms with Crippen LogP contribution < -0.4 is 5.32 Å². The molecular weight excluding hydrogens is 613 g/mol. The molecule has 0 radical (unpaired) electrons. The highest BCUT2D eigenvalue weighted by atomic mass is 35.5. The Bertz CT molecular complexity index is 1470. The van der Waals surface area contributed by atoms with Crippen molar-refractivity contribution in [2.45, 2.75) is 76.7 Å². The van der Waals surface area contributed by atoms with Gasteiger partial charge in [-0.3, -0.25) is 9.59 Å². The number of carbonyl (C=O) groups excluding carboxylic acids is 4. The van der Waals surface area contributed by atoms with Crippen LogP contribution in [0.25, 0.3) is 0 Å². The number of ether oxygens (including phenoxy) is 1. The Morgan fingerprint density at radius 1 is 0.911 bits per heavy atom. The largest absolute Gasteiger partial charge is 0.373 e. The second-order valence-electron chi connectivity index (χ2n) is 10.7. The zero-order chi connectivity index (χ0) is 32.8. The molecule has 0 unspecified atom stereocenters. The van der Waals surface area contributed by atoms with Crippen molar-refractivity contribution in [1.29, 1.82) is 5.26 Å². The molecule has 3 aromatic rings. The highest BCUT2D eigenvalue weighted by molar-refractivity contribution is 6.30. The molecule has 3 aromatic carbocycles. The lowest BCUT2D eigenvalue weighted by atomic mass is 9.88. The molecule has 45 heavy (non-hydrogen) atoms. The molecule has 8 nitrogen and oxygen atoms in total. The highest BCUT2D eigenvalue weighted by Crippen LogP contribution is 2.44. The fraction of sp³-hybridized carbons (Fsp3) is 0.371. The third-order valence-corrected chi connectivity index (χ3v) is 8.13. The summed E-state index contributed by atoms with van der Waals surface area (Å²) in [4.78, 5) is 46.2. The molecule has 4 atom stereocenters. The normalized spacial score (nSPS) is 18.2. The summed E-state index contributed by atoms with van der Waals surface area (Å²) in [5.74, 6) is -0.402. The van der Waals surface area contributed by atoms with Crippen LogP contribution in [0.5, 0.6) is 0 Å². The van der Waals surface area contributed by atoms with E-state index in [1.54, 1.807) is 41.3 Å². The lowest BCUT2D eigenvalue weighted by molar-refractivity contribution is -0.191. The predicted molar refractivity (Wildman–Crippen MR) is 171 cm³/mol. The molecule has 236 valence electrons. The molecule has 0 saturated carbocycles. The lowest BCUT2D eigenvalue weighted by Crippen LogP contribution is -2.59. The first kappa shape index (κ1) is 35.5. The van der Waals surface area contributed by atoms with E-state index >= 15 is 0 Å². The molecule has 1 N–H and O–H groups in total. The Labute approximate surface area is 274 Å². The van der Waals surface area contributed by atoms with E-state index in [1.165, 1.54) is 0 Å². The number of amides is 2. The molecule has 1 fully saturated rings. The number of benzene rings is 3. The van der Waals surface area contributed by atoms with Crippen molar-refractivity contribution < 1.29 is 23.9 Å². The molecule has 1 saturated heterocycles. The van der Waals surface area contributed by atoms with Crippen molar-refractivity contribution >= 4 is 41.2 Å². The second-order valence-corrected chi connectivity index (χ2v) is 11.6. The second kappa shape index (κ2) is 18.1. The number of rotatable bonds is 12. The van der Waals surface area contributed by atoms with E-state index in [1.807, 2.05) is 43.3 Å². The topological polar surface area (TPSA) is 117 Å². The number of nitriles is 1. The van der Waals surface area contributed by atoms with Crippen molar-refractivity contribution in [2.24, 2.45) is 0 Å². The van der Waals surface area contributed by atoms with Gasteiger partial charge in [0.2, 0.25) is 5.91 Å². The van der Waals surface area contributed by atoms with Crippen LogP contribution in [0.4, 0.5) is 0 Å². The van der Waals surface area contributed by atoms with Gasteiger partial charge in [0.1, 0.15) is 18.2 Å². The third-order valence-electron chi connectivity index (χ3n) is 7.62. The van der Waals surface area contributed by atoms with Crippen LogP contribution in [-0.4, -0.2) is 41.6 Å². The Kier molecular flexibility index (Phi) is 14.3. The number of hydrogen-bond acceptors (Lipinski definition) is 6. The quantitative estimate of drug-likeness (QED) is 0.211. The van der Waals surface area contributed by atoms with Gasteiger partial charge in [0.25, 0.3) is 5.91 Å². The number of unbranched alkanes of at least 4 members (excludes halogenated alkanes) is 2. The summed E-state index contributed by atoms with van der Waals surface area (Å²) >= 11 is 12.5. The van der Waals surface area contributed by atoms with E-state index in [4.69, 9.17) is 37.5 Å². The standard InChI is InChI=1S/C34H37Cl2N3O3.CO2/c1-3-5-6-20-38-33(40)29(7-4-2)39-31(25-12-16-27(35)17-13-25)32(26-14-18-28(36)19-15-26)42-30(34(39)41)21-23-8-10-24(22-37)11-9-23;2-1-3/h8-19,29-32H,3-7,20-21H2,1-2H3,(H,38,40);/t29-,30+,31-,32+;/m1./s1. The summed E-state index contributed by atoms with van der Waals surface area (Å²) < 4.78 is 6.67. The SMILES string of the molecule is CCCCCNC(=O)[C@@H](CCC)N1C(=O)[C@H](Cc2ccc(C#N)cc2)O[C@@H](c2ccc(Cl)cc2)[C@H]1c1ccc(Cl)cc1.O=C=O. The average molecular weight is 651 g/mol. The molecule has 0 bridgehead atoms. The number of halogens is 2. The molecule has 1 aliphatic rings. The fourth-order valence-electron chi connectivity index (χ4n) is 5.45. The van der Waals surface area contributed by atoms with Gasteiger partial charge in [0.15, 0.2) is 0 Å². The summed E-state index contributed by atoms with van der Waals surface area (Å²) in [5, 5.41) is 13.5. The maximum Gasteiger partial charge on any atom is 0.373 e. The Balaban J connectivity index is 0.00000177. The van der Waals surface area contributed by atoms with Crippen molar-refractivity contribution in [3.8, 4) is 6.07 Å². The fourth-order valence-corrected chi connectivity index (χ4v) is 5.71. The first-order valence-electron chi connectivity index (χ1n) is 15.0. The summed E-state index contributed by atoms with van der Waals surface area (Å²) in [7, 11) is 0. The van der Waals surface area contributed by atoms with E-state index in [-0.39, 0.29) is 18.0 Å². The van der Waals surface area contributed by atoms with E-state index in [9.17, 15) is 14.9 Å². The van der Waals surface area contributed by atoms with E-state index < -0.39 is 24.3 Å². The van der Waals surface area contributed by atoms with Crippen LogP contribution >= 0.6 is 23.2 Å². The highest BCUT2D eigenvalue weighted by Gasteiger charge is 2.48. The Hall–Kier alpha value is -3.99. The monoisotopic (exact) mass is 649 g/mol. The summed E-state index contributed by atoms with van der Waals surface area (Å²) in [6.45, 7) is 4.70. The maximum atomic E-state index is 14.5. The van der Waals surface area contributed by atoms with Crippen LogP contribution in [0.3, 0.4) is 0 Å². The van der Waals surface area contributed by atoms with Gasteiger partial charge in [0, 0.05) is 23.0 Å². The van der Waals surface area contributed by atoms with Gasteiger partial charge in [-0.2, -0.15) is 14.9 Å². The number of carbonyl (C=O) groups is 2. The van der Waals surface area contributed by atoms with Crippen molar-refractivity contribution in [1.82, 2.24) is 10.2 Å². The summed E-state index contributed by atoms with van der Waals surface area (Å²) in [5.41, 5.74) is 3.08. The molecule has 1 aliphatic heterocycles. The van der Waals surface area contributed by atoms with Gasteiger partial charge in [-0.15, -0.1) is 0 Å². The predicted octanol–water partition coefficient (Wildman–Crippen LogP) is 7.01. The number of hydrogen-bond donors (Lipinski definition) is 1. The molecule has 4 rings (SSSR count). The van der Waals surface area contributed by atoms with Crippen LogP contribution in [0.1, 0.15) is 80.4 Å². The minimum absolute atomic E-state index is 0.158. The zero-order valence-electron chi connectivity index (χ0n) is 25.4. The molecule has 0 spiro atoms. The van der Waals surface area contributed by atoms with Gasteiger partial charge < -0.3 is 15.0 Å². The van der Waals surface area contributed by atoms with Gasteiger partial charge in [-0.25, -0.2) is 0 Å². The van der Waals surface area contributed by atoms with Gasteiger partial charge >= 0.3 is 6.15 Å². The first-order valence-corrected chi connectivity index (χ1v) is 15.8. The molecule has 0 aromatic heterocycles. The zero-order valence-corrected chi connectivity index (χ0v) is 26.9. The third kappa shape index (κ3) is 9.75. The number of morpholine rings is 1. The van der Waals surface area contributed by atoms with E-state index in [0.29, 0.717) is 35.0 Å². The minimum Gasteiger partial charge on any atom is -0.358 e. The van der Waals surface area contributed by atoms with Crippen molar-refractivity contribution in [3.05, 3.63) is 105 Å². The Morgan fingerprint density at radius 2 is 1.49 bits per heavy atom. The first-order chi connectivity index (χ1) is 21.8. The molecule has 10 heteroatoms. The van der Waals surface area contributed by atoms with E-state index in [2.05, 4.69) is 18.3 Å². The van der Waals surface area contributed by atoms with Crippen LogP contribution in [0, 0.1) is 11.3 Å². The smallest absolute Gasteiger partial charge is 0.358 e. The van der Waals surface area contributed by atoms with Crippen molar-refractivity contribution in [3.63, 3.8) is 0 Å². The summed E-state index contributed by atoms with van der Waals surface area (Å²) in [6, 6.07) is 22.8. The molecule has 0 aliphatic carbocycles.